The molecular formula is C18H15F3N4O2. The summed E-state index contributed by atoms with van der Waals surface area (Å²) in [6, 6.07) is 9.52. The maximum atomic E-state index is 13.0. The minimum Gasteiger partial charge on any atom is -0.387 e. The van der Waals surface area contributed by atoms with Crippen LogP contribution in [0.3, 0.4) is 0 Å². The third-order valence-corrected chi connectivity index (χ3v) is 3.83. The van der Waals surface area contributed by atoms with Crippen LogP contribution in [0, 0.1) is 0 Å². The third kappa shape index (κ3) is 4.32. The molecule has 1 atom stereocenters. The molecule has 9 heteroatoms. The molecule has 1 amide bonds. The van der Waals surface area contributed by atoms with E-state index in [0.717, 1.165) is 6.07 Å². The van der Waals surface area contributed by atoms with E-state index in [4.69, 9.17) is 0 Å². The molecule has 0 aliphatic carbocycles. The number of aliphatic hydroxyl groups excluding tert-OH is 1. The van der Waals surface area contributed by atoms with Crippen LogP contribution in [0.25, 0.3) is 5.82 Å². The number of aromatic nitrogens is 3. The van der Waals surface area contributed by atoms with Gasteiger partial charge in [0, 0.05) is 25.1 Å². The Labute approximate surface area is 152 Å². The highest BCUT2D eigenvalue weighted by Crippen LogP contribution is 2.34. The number of amides is 1. The van der Waals surface area contributed by atoms with Gasteiger partial charge in [0.2, 0.25) is 0 Å². The van der Waals surface area contributed by atoms with Crippen molar-refractivity contribution in [2.45, 2.75) is 12.3 Å². The molecule has 140 valence electrons. The molecule has 0 spiro atoms. The van der Waals surface area contributed by atoms with Gasteiger partial charge in [-0.05, 0) is 29.8 Å². The van der Waals surface area contributed by atoms with E-state index in [-0.39, 0.29) is 17.7 Å². The molecule has 27 heavy (non-hydrogen) atoms. The Kier molecular flexibility index (Phi) is 5.22. The summed E-state index contributed by atoms with van der Waals surface area (Å²) in [4.78, 5) is 16.3. The van der Waals surface area contributed by atoms with E-state index in [9.17, 15) is 23.1 Å². The average Bonchev–Trinajstić information content (AvgIpc) is 3.20. The maximum Gasteiger partial charge on any atom is 0.416 e. The lowest BCUT2D eigenvalue weighted by molar-refractivity contribution is -0.139. The molecule has 0 saturated heterocycles. The van der Waals surface area contributed by atoms with Crippen molar-refractivity contribution in [3.8, 4) is 5.82 Å². The average molecular weight is 376 g/mol. The predicted molar refractivity (Wildman–Crippen MR) is 90.1 cm³/mol. The van der Waals surface area contributed by atoms with Crippen molar-refractivity contribution in [1.82, 2.24) is 20.1 Å². The van der Waals surface area contributed by atoms with Gasteiger partial charge in [0.25, 0.3) is 5.91 Å². The quantitative estimate of drug-likeness (QED) is 0.718. The number of alkyl halides is 3. The number of carbonyl (C=O) groups excluding carboxylic acids is 1. The zero-order valence-corrected chi connectivity index (χ0v) is 13.9. The maximum absolute atomic E-state index is 13.0. The molecule has 2 N–H and O–H groups in total. The molecule has 6 nitrogen and oxygen atoms in total. The van der Waals surface area contributed by atoms with Crippen molar-refractivity contribution in [1.29, 1.82) is 0 Å². The third-order valence-electron chi connectivity index (χ3n) is 3.83. The molecule has 0 radical (unpaired) electrons. The second-order valence-corrected chi connectivity index (χ2v) is 5.67. The summed E-state index contributed by atoms with van der Waals surface area (Å²) in [7, 11) is 0. The van der Waals surface area contributed by atoms with Gasteiger partial charge in [-0.3, -0.25) is 4.79 Å². The van der Waals surface area contributed by atoms with Crippen molar-refractivity contribution in [2.24, 2.45) is 0 Å². The van der Waals surface area contributed by atoms with Crippen LogP contribution < -0.4 is 5.32 Å². The van der Waals surface area contributed by atoms with Crippen LogP contribution in [0.1, 0.15) is 27.6 Å². The summed E-state index contributed by atoms with van der Waals surface area (Å²) in [5.41, 5.74) is -1.02. The minimum atomic E-state index is -4.59. The zero-order valence-electron chi connectivity index (χ0n) is 13.9. The monoisotopic (exact) mass is 376 g/mol. The number of hydrogen-bond acceptors (Lipinski definition) is 4. The normalized spacial score (nSPS) is 12.6. The van der Waals surface area contributed by atoms with E-state index in [2.05, 4.69) is 15.4 Å². The Hall–Kier alpha value is -3.20. The van der Waals surface area contributed by atoms with Crippen LogP contribution in [0.5, 0.6) is 0 Å². The molecule has 0 aliphatic heterocycles. The summed E-state index contributed by atoms with van der Waals surface area (Å²) in [5, 5.41) is 16.5. The number of pyridine rings is 1. The molecule has 0 aliphatic rings. The lowest BCUT2D eigenvalue weighted by Crippen LogP contribution is -2.29. The Bertz CT molecular complexity index is 909. The van der Waals surface area contributed by atoms with E-state index < -0.39 is 23.8 Å². The van der Waals surface area contributed by atoms with Gasteiger partial charge in [0.05, 0.1) is 17.2 Å². The number of aliphatic hydroxyl groups is 1. The summed E-state index contributed by atoms with van der Waals surface area (Å²) < 4.78 is 40.6. The summed E-state index contributed by atoms with van der Waals surface area (Å²) in [6.07, 6.45) is -1.49. The van der Waals surface area contributed by atoms with Crippen molar-refractivity contribution in [2.75, 3.05) is 6.54 Å². The Morgan fingerprint density at radius 2 is 1.96 bits per heavy atom. The van der Waals surface area contributed by atoms with Gasteiger partial charge in [0.1, 0.15) is 0 Å². The number of nitrogens with zero attached hydrogens (tertiary/aromatic N) is 3. The van der Waals surface area contributed by atoms with Crippen molar-refractivity contribution >= 4 is 5.91 Å². The SMILES string of the molecule is O=C(NCC(O)c1ccccc1C(F)(F)F)c1ccc(-n2cccn2)nc1. The van der Waals surface area contributed by atoms with Gasteiger partial charge >= 0.3 is 6.18 Å². The fourth-order valence-corrected chi connectivity index (χ4v) is 2.51. The van der Waals surface area contributed by atoms with Gasteiger partial charge in [-0.2, -0.15) is 18.3 Å². The number of carbonyl (C=O) groups is 1. The Balaban J connectivity index is 1.66. The summed E-state index contributed by atoms with van der Waals surface area (Å²) in [5.74, 6) is -0.0475. The van der Waals surface area contributed by atoms with Gasteiger partial charge in [-0.1, -0.05) is 18.2 Å². The van der Waals surface area contributed by atoms with Gasteiger partial charge in [-0.15, -0.1) is 0 Å². The first-order valence-corrected chi connectivity index (χ1v) is 7.94. The Morgan fingerprint density at radius 1 is 1.19 bits per heavy atom. The molecule has 0 saturated carbocycles. The van der Waals surface area contributed by atoms with Crippen LogP contribution in [0.2, 0.25) is 0 Å². The predicted octanol–water partition coefficient (Wildman–Crippen LogP) is 2.75. The van der Waals surface area contributed by atoms with Crippen LogP contribution in [-0.2, 0) is 6.18 Å². The standard InChI is InChI=1S/C18H15F3N4O2/c19-18(20,21)14-5-2-1-4-13(14)15(26)11-23-17(27)12-6-7-16(22-10-12)25-9-3-8-24-25/h1-10,15,26H,11H2,(H,23,27). The van der Waals surface area contributed by atoms with Gasteiger partial charge in [0.15, 0.2) is 5.82 Å². The minimum absolute atomic E-state index is 0.210. The first kappa shape index (κ1) is 18.6. The van der Waals surface area contributed by atoms with Crippen LogP contribution in [0.4, 0.5) is 13.2 Å². The molecule has 1 aromatic carbocycles. The first-order valence-electron chi connectivity index (χ1n) is 7.94. The smallest absolute Gasteiger partial charge is 0.387 e. The molecule has 2 heterocycles. The number of halogens is 3. The van der Waals surface area contributed by atoms with Crippen LogP contribution >= 0.6 is 0 Å². The molecule has 1 unspecified atom stereocenters. The highest BCUT2D eigenvalue weighted by atomic mass is 19.4. The van der Waals surface area contributed by atoms with E-state index in [0.29, 0.717) is 5.82 Å². The number of benzene rings is 1. The Morgan fingerprint density at radius 3 is 2.59 bits per heavy atom. The second-order valence-electron chi connectivity index (χ2n) is 5.67. The van der Waals surface area contributed by atoms with Crippen molar-refractivity contribution in [3.63, 3.8) is 0 Å². The fourth-order valence-electron chi connectivity index (χ4n) is 2.51. The number of nitrogens with one attached hydrogen (secondary N) is 1. The molecular weight excluding hydrogens is 361 g/mol. The van der Waals surface area contributed by atoms with Crippen molar-refractivity contribution < 1.29 is 23.1 Å². The first-order chi connectivity index (χ1) is 12.9. The highest BCUT2D eigenvalue weighted by molar-refractivity contribution is 5.93. The lowest BCUT2D eigenvalue weighted by atomic mass is 10.0. The van der Waals surface area contributed by atoms with Gasteiger partial charge < -0.3 is 10.4 Å². The number of hydrogen-bond donors (Lipinski definition) is 2. The van der Waals surface area contributed by atoms with Crippen LogP contribution in [0.15, 0.2) is 61.1 Å². The molecule has 3 aromatic rings. The highest BCUT2D eigenvalue weighted by Gasteiger charge is 2.34. The summed E-state index contributed by atoms with van der Waals surface area (Å²) in [6.45, 7) is -0.368. The molecule has 0 fully saturated rings. The molecule has 3 rings (SSSR count). The van der Waals surface area contributed by atoms with Crippen molar-refractivity contribution in [3.05, 3.63) is 77.7 Å². The number of rotatable bonds is 5. The zero-order chi connectivity index (χ0) is 19.4. The molecule has 0 bridgehead atoms. The summed E-state index contributed by atoms with van der Waals surface area (Å²) >= 11 is 0. The topological polar surface area (TPSA) is 80.0 Å². The van der Waals surface area contributed by atoms with Crippen LogP contribution in [-0.4, -0.2) is 32.3 Å². The van der Waals surface area contributed by atoms with E-state index in [1.54, 1.807) is 24.5 Å². The molecule has 2 aromatic heterocycles. The van der Waals surface area contributed by atoms with E-state index >= 15 is 0 Å². The van der Waals surface area contributed by atoms with E-state index in [1.165, 1.54) is 35.1 Å². The second kappa shape index (κ2) is 7.58. The van der Waals surface area contributed by atoms with E-state index in [1.807, 2.05) is 0 Å². The largest absolute Gasteiger partial charge is 0.416 e. The van der Waals surface area contributed by atoms with Gasteiger partial charge in [-0.25, -0.2) is 9.67 Å². The fraction of sp³-hybridized carbons (Fsp3) is 0.167. The lowest BCUT2D eigenvalue weighted by Gasteiger charge is -2.18.